The second-order valence-electron chi connectivity index (χ2n) is 9.12. The first-order valence-electron chi connectivity index (χ1n) is 11.0. The topological polar surface area (TPSA) is 73.0 Å². The number of aliphatic hydroxyl groups excluding tert-OH is 1. The standard InChI is InChI=1S/C23H30N4O3/c1-25-7-9-26(10-8-25)20-11-17-14-27(15-18(17)12-21(20)28)23(29)19-13-22(30-24-19)16-5-3-2-4-6-16/h2-6,13,17-18,20-21,28H,7-12,14-15H2,1H3/t17-,18+,20-,21-/m1/s1. The van der Waals surface area contributed by atoms with Crippen molar-refractivity contribution in [3.8, 4) is 11.3 Å². The molecule has 3 fully saturated rings. The number of likely N-dealkylation sites (tertiary alicyclic amines) is 1. The van der Waals surface area contributed by atoms with E-state index in [1.807, 2.05) is 35.2 Å². The van der Waals surface area contributed by atoms with Crippen LogP contribution in [0.1, 0.15) is 23.3 Å². The van der Waals surface area contributed by atoms with E-state index in [0.29, 0.717) is 29.8 Å². The van der Waals surface area contributed by atoms with Crippen LogP contribution >= 0.6 is 0 Å². The molecule has 7 nitrogen and oxygen atoms in total. The van der Waals surface area contributed by atoms with Crippen molar-refractivity contribution in [2.24, 2.45) is 11.8 Å². The molecule has 1 N–H and O–H groups in total. The minimum Gasteiger partial charge on any atom is -0.391 e. The summed E-state index contributed by atoms with van der Waals surface area (Å²) in [6, 6.07) is 11.7. The number of rotatable bonds is 3. The van der Waals surface area contributed by atoms with Crippen LogP contribution in [0.15, 0.2) is 40.9 Å². The van der Waals surface area contributed by atoms with Crippen LogP contribution in [-0.2, 0) is 0 Å². The lowest BCUT2D eigenvalue weighted by Crippen LogP contribution is -2.55. The molecule has 1 amide bonds. The normalized spacial score (nSPS) is 30.4. The van der Waals surface area contributed by atoms with Gasteiger partial charge >= 0.3 is 0 Å². The average molecular weight is 411 g/mol. The largest absolute Gasteiger partial charge is 0.391 e. The summed E-state index contributed by atoms with van der Waals surface area (Å²) < 4.78 is 5.42. The number of aliphatic hydroxyl groups is 1. The summed E-state index contributed by atoms with van der Waals surface area (Å²) in [6.45, 7) is 5.58. The van der Waals surface area contributed by atoms with E-state index in [-0.39, 0.29) is 18.1 Å². The van der Waals surface area contributed by atoms with Crippen LogP contribution in [-0.4, -0.2) is 89.3 Å². The van der Waals surface area contributed by atoms with Gasteiger partial charge in [-0.2, -0.15) is 0 Å². The number of piperazine rings is 1. The Bertz CT molecular complexity index is 878. The van der Waals surface area contributed by atoms with Gasteiger partial charge in [-0.05, 0) is 31.7 Å². The van der Waals surface area contributed by atoms with Crippen LogP contribution in [0.3, 0.4) is 0 Å². The van der Waals surface area contributed by atoms with Gasteiger partial charge in [0.15, 0.2) is 11.5 Å². The number of carbonyl (C=O) groups excluding carboxylic acids is 1. The predicted molar refractivity (Wildman–Crippen MR) is 113 cm³/mol. The molecule has 4 atom stereocenters. The van der Waals surface area contributed by atoms with Gasteiger partial charge in [-0.1, -0.05) is 35.5 Å². The lowest BCUT2D eigenvalue weighted by molar-refractivity contribution is -0.0249. The molecule has 30 heavy (non-hydrogen) atoms. The highest BCUT2D eigenvalue weighted by Crippen LogP contribution is 2.39. The molecule has 3 heterocycles. The third kappa shape index (κ3) is 3.77. The second kappa shape index (κ2) is 8.13. The molecule has 3 aliphatic rings. The molecule has 1 aliphatic carbocycles. The number of fused-ring (bicyclic) bond motifs is 1. The number of carbonyl (C=O) groups is 1. The van der Waals surface area contributed by atoms with Crippen molar-refractivity contribution in [1.82, 2.24) is 19.9 Å². The molecule has 0 radical (unpaired) electrons. The molecular formula is C23H30N4O3. The molecule has 7 heteroatoms. The summed E-state index contributed by atoms with van der Waals surface area (Å²) in [5.41, 5.74) is 1.28. The summed E-state index contributed by atoms with van der Waals surface area (Å²) in [7, 11) is 2.15. The Kier molecular flexibility index (Phi) is 5.35. The highest BCUT2D eigenvalue weighted by molar-refractivity contribution is 5.93. The van der Waals surface area contributed by atoms with Gasteiger partial charge in [-0.25, -0.2) is 0 Å². The van der Waals surface area contributed by atoms with E-state index in [1.54, 1.807) is 6.07 Å². The van der Waals surface area contributed by atoms with E-state index in [1.165, 1.54) is 0 Å². The second-order valence-corrected chi connectivity index (χ2v) is 9.12. The van der Waals surface area contributed by atoms with Gasteiger partial charge in [0.2, 0.25) is 0 Å². The van der Waals surface area contributed by atoms with Gasteiger partial charge in [0.05, 0.1) is 6.10 Å². The Morgan fingerprint density at radius 3 is 2.50 bits per heavy atom. The third-order valence-corrected chi connectivity index (χ3v) is 7.19. The van der Waals surface area contributed by atoms with Gasteiger partial charge in [0.1, 0.15) is 0 Å². The summed E-state index contributed by atoms with van der Waals surface area (Å²) in [5, 5.41) is 14.9. The Balaban J connectivity index is 1.24. The van der Waals surface area contributed by atoms with Crippen LogP contribution in [0, 0.1) is 11.8 Å². The molecule has 0 unspecified atom stereocenters. The first-order valence-corrected chi connectivity index (χ1v) is 11.0. The van der Waals surface area contributed by atoms with Crippen molar-refractivity contribution in [2.45, 2.75) is 25.0 Å². The van der Waals surface area contributed by atoms with Gasteiger partial charge in [-0.3, -0.25) is 9.69 Å². The van der Waals surface area contributed by atoms with E-state index < -0.39 is 0 Å². The molecule has 2 aromatic rings. The van der Waals surface area contributed by atoms with Gasteiger partial charge in [0, 0.05) is 56.9 Å². The number of likely N-dealkylation sites (N-methyl/N-ethyl adjacent to an activating group) is 1. The maximum absolute atomic E-state index is 13.1. The first kappa shape index (κ1) is 19.7. The van der Waals surface area contributed by atoms with Crippen molar-refractivity contribution in [3.63, 3.8) is 0 Å². The quantitative estimate of drug-likeness (QED) is 0.832. The van der Waals surface area contributed by atoms with E-state index in [9.17, 15) is 9.90 Å². The lowest BCUT2D eigenvalue weighted by Gasteiger charge is -2.44. The van der Waals surface area contributed by atoms with Gasteiger partial charge < -0.3 is 19.4 Å². The van der Waals surface area contributed by atoms with Crippen molar-refractivity contribution in [3.05, 3.63) is 42.1 Å². The van der Waals surface area contributed by atoms with Gasteiger partial charge in [0.25, 0.3) is 5.91 Å². The summed E-state index contributed by atoms with van der Waals surface area (Å²) >= 11 is 0. The molecular weight excluding hydrogens is 380 g/mol. The maximum atomic E-state index is 13.1. The Labute approximate surface area is 177 Å². The van der Waals surface area contributed by atoms with E-state index in [2.05, 4.69) is 22.0 Å². The third-order valence-electron chi connectivity index (χ3n) is 7.19. The van der Waals surface area contributed by atoms with Crippen molar-refractivity contribution < 1.29 is 14.4 Å². The summed E-state index contributed by atoms with van der Waals surface area (Å²) in [6.07, 6.45) is 1.44. The molecule has 1 aromatic carbocycles. The van der Waals surface area contributed by atoms with Crippen LogP contribution in [0.25, 0.3) is 11.3 Å². The highest BCUT2D eigenvalue weighted by atomic mass is 16.5. The van der Waals surface area contributed by atoms with Gasteiger partial charge in [-0.15, -0.1) is 0 Å². The Hall–Kier alpha value is -2.22. The fourth-order valence-electron chi connectivity index (χ4n) is 5.40. The van der Waals surface area contributed by atoms with E-state index >= 15 is 0 Å². The molecule has 1 saturated carbocycles. The minimum absolute atomic E-state index is 0.0685. The fourth-order valence-corrected chi connectivity index (χ4v) is 5.40. The predicted octanol–water partition coefficient (Wildman–Crippen LogP) is 1.80. The minimum atomic E-state index is -0.304. The zero-order valence-corrected chi connectivity index (χ0v) is 17.5. The number of hydrogen-bond acceptors (Lipinski definition) is 6. The first-order chi connectivity index (χ1) is 14.6. The van der Waals surface area contributed by atoms with Crippen LogP contribution in [0.4, 0.5) is 0 Å². The van der Waals surface area contributed by atoms with Crippen molar-refractivity contribution in [2.75, 3.05) is 46.3 Å². The van der Waals surface area contributed by atoms with E-state index in [4.69, 9.17) is 4.52 Å². The number of hydrogen-bond donors (Lipinski definition) is 1. The molecule has 160 valence electrons. The van der Waals surface area contributed by atoms with E-state index in [0.717, 1.165) is 51.1 Å². The number of amides is 1. The highest BCUT2D eigenvalue weighted by Gasteiger charge is 2.45. The lowest BCUT2D eigenvalue weighted by atomic mass is 9.77. The fraction of sp³-hybridized carbons (Fsp3) is 0.565. The monoisotopic (exact) mass is 410 g/mol. The molecule has 0 bridgehead atoms. The molecule has 1 aromatic heterocycles. The van der Waals surface area contributed by atoms with Crippen LogP contribution < -0.4 is 0 Å². The van der Waals surface area contributed by atoms with Crippen molar-refractivity contribution in [1.29, 1.82) is 0 Å². The van der Waals surface area contributed by atoms with Crippen LogP contribution in [0.5, 0.6) is 0 Å². The molecule has 5 rings (SSSR count). The summed E-state index contributed by atoms with van der Waals surface area (Å²) in [4.78, 5) is 19.8. The maximum Gasteiger partial charge on any atom is 0.276 e. The SMILES string of the molecule is CN1CCN([C@@H]2C[C@@H]3CN(C(=O)c4cc(-c5ccccc5)on4)C[C@@H]3C[C@H]2O)CC1. The van der Waals surface area contributed by atoms with Crippen molar-refractivity contribution >= 4 is 5.91 Å². The Morgan fingerprint density at radius 2 is 1.77 bits per heavy atom. The Morgan fingerprint density at radius 1 is 1.07 bits per heavy atom. The molecule has 2 saturated heterocycles. The molecule has 0 spiro atoms. The number of benzene rings is 1. The summed E-state index contributed by atoms with van der Waals surface area (Å²) in [5.74, 6) is 1.36. The number of nitrogens with zero attached hydrogens (tertiary/aromatic N) is 4. The molecule has 2 aliphatic heterocycles. The smallest absolute Gasteiger partial charge is 0.276 e. The van der Waals surface area contributed by atoms with Crippen LogP contribution in [0.2, 0.25) is 0 Å². The average Bonchev–Trinajstić information content (AvgIpc) is 3.41. The zero-order valence-electron chi connectivity index (χ0n) is 17.5. The number of aromatic nitrogens is 1. The zero-order chi connectivity index (χ0) is 20.7.